The predicted molar refractivity (Wildman–Crippen MR) is 134 cm³/mol. The van der Waals surface area contributed by atoms with Crippen molar-refractivity contribution in [2.24, 2.45) is 29.6 Å². The Bertz CT molecular complexity index is 856. The van der Waals surface area contributed by atoms with E-state index in [-0.39, 0.29) is 0 Å². The van der Waals surface area contributed by atoms with Crippen molar-refractivity contribution in [3.63, 3.8) is 0 Å². The van der Waals surface area contributed by atoms with Crippen LogP contribution in [0.2, 0.25) is 0 Å². The summed E-state index contributed by atoms with van der Waals surface area (Å²) in [6, 6.07) is 8.86. The molecule has 2 saturated heterocycles. The van der Waals surface area contributed by atoms with Gasteiger partial charge in [0.1, 0.15) is 12.4 Å². The summed E-state index contributed by atoms with van der Waals surface area (Å²) in [6.45, 7) is 6.61. The van der Waals surface area contributed by atoms with E-state index in [0.717, 1.165) is 62.3 Å². The third-order valence-electron chi connectivity index (χ3n) is 10.6. The summed E-state index contributed by atoms with van der Waals surface area (Å²) in [5, 5.41) is 0. The highest BCUT2D eigenvalue weighted by atomic mass is 17.3. The molecule has 4 bridgehead atoms. The van der Waals surface area contributed by atoms with Crippen molar-refractivity contribution in [2.75, 3.05) is 26.2 Å². The number of hydrogen-bond acceptors (Lipinski definition) is 5. The molecule has 192 valence electrons. The van der Waals surface area contributed by atoms with E-state index >= 15 is 0 Å². The third-order valence-corrected chi connectivity index (χ3v) is 10.6. The first kappa shape index (κ1) is 23.0. The molecule has 5 saturated carbocycles. The topological polar surface area (TPSA) is 40.2 Å². The second-order valence-corrected chi connectivity index (χ2v) is 12.9. The molecule has 5 aliphatic carbocycles. The summed E-state index contributed by atoms with van der Waals surface area (Å²) in [7, 11) is 0. The van der Waals surface area contributed by atoms with Gasteiger partial charge in [-0.05, 0) is 112 Å². The SMILES string of the molecule is CC1CCN(CCOc2ccc(C3CCC4(CC3)OOC3(O4)C4CC5CC(C4)CC3C5)cc2)CC1. The lowest BCUT2D eigenvalue weighted by Gasteiger charge is -2.57. The lowest BCUT2D eigenvalue weighted by Crippen LogP contribution is -2.59. The molecule has 35 heavy (non-hydrogen) atoms. The largest absolute Gasteiger partial charge is 0.492 e. The van der Waals surface area contributed by atoms with Gasteiger partial charge in [-0.3, -0.25) is 4.90 Å². The van der Waals surface area contributed by atoms with Crippen LogP contribution < -0.4 is 4.74 Å². The van der Waals surface area contributed by atoms with Gasteiger partial charge in [0.2, 0.25) is 11.6 Å². The summed E-state index contributed by atoms with van der Waals surface area (Å²) < 4.78 is 13.0. The molecule has 2 spiro atoms. The van der Waals surface area contributed by atoms with Gasteiger partial charge in [-0.25, -0.2) is 0 Å². The number of piperidine rings is 1. The fourth-order valence-corrected chi connectivity index (χ4v) is 8.60. The Hall–Kier alpha value is -1.14. The van der Waals surface area contributed by atoms with Gasteiger partial charge in [0.05, 0.1) is 0 Å². The molecule has 0 atom stereocenters. The van der Waals surface area contributed by atoms with E-state index in [1.165, 1.54) is 63.6 Å². The zero-order chi connectivity index (χ0) is 23.5. The van der Waals surface area contributed by atoms with E-state index in [4.69, 9.17) is 19.2 Å². The van der Waals surface area contributed by atoms with Crippen LogP contribution >= 0.6 is 0 Å². The molecular formula is C30H43NO4. The maximum atomic E-state index is 6.89. The quantitative estimate of drug-likeness (QED) is 0.463. The molecule has 5 heteroatoms. The van der Waals surface area contributed by atoms with E-state index in [1.807, 2.05) is 0 Å². The smallest absolute Gasteiger partial charge is 0.210 e. The van der Waals surface area contributed by atoms with E-state index in [9.17, 15) is 0 Å². The van der Waals surface area contributed by atoms with Gasteiger partial charge in [0.25, 0.3) is 0 Å². The summed E-state index contributed by atoms with van der Waals surface area (Å²) >= 11 is 0. The van der Waals surface area contributed by atoms with Crippen molar-refractivity contribution in [2.45, 2.75) is 95.0 Å². The highest BCUT2D eigenvalue weighted by Crippen LogP contribution is 2.64. The van der Waals surface area contributed by atoms with E-state index in [2.05, 4.69) is 36.1 Å². The minimum atomic E-state index is -0.513. The maximum absolute atomic E-state index is 6.89. The number of ether oxygens (including phenoxy) is 2. The molecule has 0 amide bonds. The molecule has 2 aliphatic heterocycles. The van der Waals surface area contributed by atoms with Gasteiger partial charge in [-0.2, -0.15) is 9.78 Å². The number of benzene rings is 1. The third kappa shape index (κ3) is 4.24. The first-order chi connectivity index (χ1) is 17.1. The van der Waals surface area contributed by atoms with Crippen molar-refractivity contribution in [1.29, 1.82) is 0 Å². The molecule has 0 unspecified atom stereocenters. The molecule has 7 aliphatic rings. The Morgan fingerprint density at radius 3 is 2.17 bits per heavy atom. The van der Waals surface area contributed by atoms with Crippen LogP contribution in [0.1, 0.15) is 89.0 Å². The Labute approximate surface area is 210 Å². The Morgan fingerprint density at radius 2 is 1.51 bits per heavy atom. The second-order valence-electron chi connectivity index (χ2n) is 12.9. The molecule has 0 radical (unpaired) electrons. The van der Waals surface area contributed by atoms with Crippen LogP contribution in [0.4, 0.5) is 0 Å². The average Bonchev–Trinajstić information content (AvgIpc) is 3.24. The maximum Gasteiger partial charge on any atom is 0.210 e. The van der Waals surface area contributed by atoms with Crippen LogP contribution in [0.15, 0.2) is 24.3 Å². The van der Waals surface area contributed by atoms with Crippen molar-refractivity contribution >= 4 is 0 Å². The minimum Gasteiger partial charge on any atom is -0.492 e. The van der Waals surface area contributed by atoms with E-state index in [0.29, 0.717) is 17.8 Å². The lowest BCUT2D eigenvalue weighted by atomic mass is 9.53. The van der Waals surface area contributed by atoms with Crippen molar-refractivity contribution in [3.8, 4) is 5.75 Å². The van der Waals surface area contributed by atoms with Crippen LogP contribution in [0, 0.1) is 29.6 Å². The molecule has 0 N–H and O–H groups in total. The van der Waals surface area contributed by atoms with Gasteiger partial charge in [0, 0.05) is 31.2 Å². The van der Waals surface area contributed by atoms with Crippen molar-refractivity contribution < 1.29 is 19.2 Å². The van der Waals surface area contributed by atoms with Gasteiger partial charge < -0.3 is 9.47 Å². The summed E-state index contributed by atoms with van der Waals surface area (Å²) in [5.41, 5.74) is 1.42. The number of nitrogens with zero attached hydrogens (tertiary/aromatic N) is 1. The fraction of sp³-hybridized carbons (Fsp3) is 0.800. The van der Waals surface area contributed by atoms with E-state index < -0.39 is 11.6 Å². The highest BCUT2D eigenvalue weighted by molar-refractivity contribution is 5.30. The Kier molecular flexibility index (Phi) is 5.92. The van der Waals surface area contributed by atoms with Gasteiger partial charge in [-0.1, -0.05) is 19.1 Å². The van der Waals surface area contributed by atoms with Gasteiger partial charge in [0.15, 0.2) is 0 Å². The summed E-state index contributed by atoms with van der Waals surface area (Å²) in [4.78, 5) is 14.9. The zero-order valence-electron chi connectivity index (χ0n) is 21.5. The first-order valence-corrected chi connectivity index (χ1v) is 14.6. The van der Waals surface area contributed by atoms with Crippen LogP contribution in [0.5, 0.6) is 5.75 Å². The van der Waals surface area contributed by atoms with Crippen LogP contribution in [-0.4, -0.2) is 42.7 Å². The molecule has 8 rings (SSSR count). The van der Waals surface area contributed by atoms with Crippen LogP contribution in [-0.2, 0) is 14.5 Å². The number of likely N-dealkylation sites (tertiary alicyclic amines) is 1. The van der Waals surface area contributed by atoms with Gasteiger partial charge in [-0.15, -0.1) is 0 Å². The monoisotopic (exact) mass is 481 g/mol. The molecule has 5 nitrogen and oxygen atoms in total. The summed E-state index contributed by atoms with van der Waals surface area (Å²) in [5.74, 6) is 4.38. The van der Waals surface area contributed by atoms with Gasteiger partial charge >= 0.3 is 0 Å². The molecule has 1 aromatic rings. The number of hydrogen-bond donors (Lipinski definition) is 0. The fourth-order valence-electron chi connectivity index (χ4n) is 8.60. The molecule has 7 fully saturated rings. The number of rotatable bonds is 5. The van der Waals surface area contributed by atoms with E-state index in [1.54, 1.807) is 0 Å². The second kappa shape index (κ2) is 9.01. The molecule has 0 aromatic heterocycles. The normalized spacial score (nSPS) is 43.4. The Balaban J connectivity index is 0.913. The average molecular weight is 482 g/mol. The Morgan fingerprint density at radius 1 is 0.857 bits per heavy atom. The molecule has 1 aromatic carbocycles. The van der Waals surface area contributed by atoms with Crippen LogP contribution in [0.3, 0.4) is 0 Å². The highest BCUT2D eigenvalue weighted by Gasteiger charge is 2.66. The molecule has 2 heterocycles. The minimum absolute atomic E-state index is 0.439. The standard InChI is InChI=1S/C30H43NO4/c1-21-8-12-31(13-9-21)14-15-32-28-4-2-24(3-5-28)25-6-10-29(11-7-25)33-30(35-34-29)26-17-22-16-23(19-26)20-27(30)18-22/h2-5,21-23,25-27H,6-20H2,1H3. The van der Waals surface area contributed by atoms with Crippen LogP contribution in [0.25, 0.3) is 0 Å². The zero-order valence-corrected chi connectivity index (χ0v) is 21.5. The lowest BCUT2D eigenvalue weighted by molar-refractivity contribution is -0.390. The van der Waals surface area contributed by atoms with Crippen molar-refractivity contribution in [1.82, 2.24) is 4.90 Å². The van der Waals surface area contributed by atoms with Crippen molar-refractivity contribution in [3.05, 3.63) is 29.8 Å². The summed E-state index contributed by atoms with van der Waals surface area (Å²) in [6.07, 6.45) is 13.2. The molecular weight excluding hydrogens is 438 g/mol. The predicted octanol–water partition coefficient (Wildman–Crippen LogP) is 6.28. The first-order valence-electron chi connectivity index (χ1n) is 14.6.